The summed E-state index contributed by atoms with van der Waals surface area (Å²) in [4.78, 5) is 0. The minimum absolute atomic E-state index is 0.288. The summed E-state index contributed by atoms with van der Waals surface area (Å²) in [6.45, 7) is 2.29. The van der Waals surface area contributed by atoms with E-state index in [0.717, 1.165) is 17.3 Å². The van der Waals surface area contributed by atoms with Crippen molar-refractivity contribution in [2.45, 2.75) is 19.6 Å². The summed E-state index contributed by atoms with van der Waals surface area (Å²) in [5.41, 5.74) is 0.801. The van der Waals surface area contributed by atoms with Crippen molar-refractivity contribution in [1.82, 2.24) is 20.0 Å². The smallest absolute Gasteiger partial charge is 0.364 e. The number of alkyl halides is 3. The zero-order chi connectivity index (χ0) is 14.0. The summed E-state index contributed by atoms with van der Waals surface area (Å²) in [5.74, 6) is 0.288. The standard InChI is InChI=1S/C11H12F3N5/c1-7-8(6-19(2)18-7)5-15-10-4-3-9(16-17-10)11(12,13)14/h3-4,6H,5H2,1-2H3,(H,15,17). The summed E-state index contributed by atoms with van der Waals surface area (Å²) in [5, 5.41) is 13.7. The first-order valence-electron chi connectivity index (χ1n) is 5.50. The van der Waals surface area contributed by atoms with Gasteiger partial charge in [0, 0.05) is 25.4 Å². The molecule has 2 aromatic rings. The van der Waals surface area contributed by atoms with Crippen LogP contribution in [0.15, 0.2) is 18.3 Å². The molecule has 0 aliphatic rings. The lowest BCUT2D eigenvalue weighted by atomic mass is 10.2. The van der Waals surface area contributed by atoms with Crippen LogP contribution < -0.4 is 5.32 Å². The van der Waals surface area contributed by atoms with E-state index >= 15 is 0 Å². The van der Waals surface area contributed by atoms with Gasteiger partial charge in [-0.1, -0.05) is 0 Å². The van der Waals surface area contributed by atoms with Crippen molar-refractivity contribution in [3.63, 3.8) is 0 Å². The normalized spacial score (nSPS) is 11.6. The summed E-state index contributed by atoms with van der Waals surface area (Å²) < 4.78 is 38.5. The quantitative estimate of drug-likeness (QED) is 0.929. The number of rotatable bonds is 3. The van der Waals surface area contributed by atoms with Crippen molar-refractivity contribution in [3.05, 3.63) is 35.3 Å². The van der Waals surface area contributed by atoms with Gasteiger partial charge in [-0.2, -0.15) is 18.3 Å². The third-order valence-corrected chi connectivity index (χ3v) is 2.53. The molecule has 0 saturated carbocycles. The van der Waals surface area contributed by atoms with E-state index in [0.29, 0.717) is 6.54 Å². The second kappa shape index (κ2) is 4.87. The molecule has 2 aromatic heterocycles. The molecule has 2 rings (SSSR count). The lowest BCUT2D eigenvalue weighted by Gasteiger charge is -2.06. The van der Waals surface area contributed by atoms with Gasteiger partial charge in [0.1, 0.15) is 5.82 Å². The fourth-order valence-corrected chi connectivity index (χ4v) is 1.59. The Bertz CT molecular complexity index is 559. The van der Waals surface area contributed by atoms with Crippen LogP contribution in [0.5, 0.6) is 0 Å². The minimum atomic E-state index is -4.47. The maximum Gasteiger partial charge on any atom is 0.435 e. The van der Waals surface area contributed by atoms with Crippen molar-refractivity contribution in [3.8, 4) is 0 Å². The zero-order valence-corrected chi connectivity index (χ0v) is 10.4. The fraction of sp³-hybridized carbons (Fsp3) is 0.364. The van der Waals surface area contributed by atoms with Crippen LogP contribution in [0.4, 0.5) is 19.0 Å². The molecule has 0 spiro atoms. The number of nitrogens with zero attached hydrogens (tertiary/aromatic N) is 4. The monoisotopic (exact) mass is 271 g/mol. The van der Waals surface area contributed by atoms with E-state index in [4.69, 9.17) is 0 Å². The summed E-state index contributed by atoms with van der Waals surface area (Å²) >= 11 is 0. The van der Waals surface area contributed by atoms with E-state index in [1.54, 1.807) is 11.7 Å². The average molecular weight is 271 g/mol. The largest absolute Gasteiger partial charge is 0.435 e. The van der Waals surface area contributed by atoms with Crippen LogP contribution in [0, 0.1) is 6.92 Å². The molecular formula is C11H12F3N5. The number of aryl methyl sites for hydroxylation is 2. The molecule has 2 heterocycles. The van der Waals surface area contributed by atoms with Gasteiger partial charge < -0.3 is 5.32 Å². The van der Waals surface area contributed by atoms with E-state index in [1.807, 2.05) is 13.1 Å². The molecule has 19 heavy (non-hydrogen) atoms. The minimum Gasteiger partial charge on any atom is -0.364 e. The number of nitrogens with one attached hydrogen (secondary N) is 1. The number of hydrogen-bond donors (Lipinski definition) is 1. The van der Waals surface area contributed by atoms with E-state index in [1.165, 1.54) is 6.07 Å². The molecule has 0 aliphatic carbocycles. The van der Waals surface area contributed by atoms with Gasteiger partial charge in [-0.3, -0.25) is 4.68 Å². The van der Waals surface area contributed by atoms with Gasteiger partial charge in [-0.15, -0.1) is 10.2 Å². The molecule has 5 nitrogen and oxygen atoms in total. The summed E-state index contributed by atoms with van der Waals surface area (Å²) in [6.07, 6.45) is -2.63. The Morgan fingerprint density at radius 2 is 2.00 bits per heavy atom. The summed E-state index contributed by atoms with van der Waals surface area (Å²) in [7, 11) is 1.80. The van der Waals surface area contributed by atoms with Crippen LogP contribution in [0.25, 0.3) is 0 Å². The topological polar surface area (TPSA) is 55.6 Å². The zero-order valence-electron chi connectivity index (χ0n) is 10.4. The molecule has 1 N–H and O–H groups in total. The fourth-order valence-electron chi connectivity index (χ4n) is 1.59. The van der Waals surface area contributed by atoms with Crippen LogP contribution >= 0.6 is 0 Å². The Balaban J connectivity index is 2.02. The Kier molecular flexibility index (Phi) is 3.41. The van der Waals surface area contributed by atoms with Gasteiger partial charge in [0.15, 0.2) is 5.69 Å². The third kappa shape index (κ3) is 3.21. The molecule has 0 bridgehead atoms. The Hall–Kier alpha value is -2.12. The Labute approximate surface area is 107 Å². The second-order valence-corrected chi connectivity index (χ2v) is 4.07. The van der Waals surface area contributed by atoms with Crippen LogP contribution in [0.2, 0.25) is 0 Å². The van der Waals surface area contributed by atoms with Gasteiger partial charge >= 0.3 is 6.18 Å². The van der Waals surface area contributed by atoms with Gasteiger partial charge in [-0.05, 0) is 19.1 Å². The van der Waals surface area contributed by atoms with Crippen molar-refractivity contribution in [1.29, 1.82) is 0 Å². The molecule has 0 amide bonds. The van der Waals surface area contributed by atoms with Crippen LogP contribution in [-0.4, -0.2) is 20.0 Å². The first-order valence-corrected chi connectivity index (χ1v) is 5.50. The third-order valence-electron chi connectivity index (χ3n) is 2.53. The highest BCUT2D eigenvalue weighted by molar-refractivity contribution is 5.35. The predicted molar refractivity (Wildman–Crippen MR) is 62.3 cm³/mol. The molecule has 0 unspecified atom stereocenters. The molecule has 0 atom stereocenters. The van der Waals surface area contributed by atoms with Crippen molar-refractivity contribution in [2.75, 3.05) is 5.32 Å². The first-order chi connectivity index (χ1) is 8.86. The second-order valence-electron chi connectivity index (χ2n) is 4.07. The van der Waals surface area contributed by atoms with E-state index < -0.39 is 11.9 Å². The Morgan fingerprint density at radius 1 is 1.26 bits per heavy atom. The average Bonchev–Trinajstić information content (AvgIpc) is 2.65. The summed E-state index contributed by atoms with van der Waals surface area (Å²) in [6, 6.07) is 2.15. The van der Waals surface area contributed by atoms with E-state index in [2.05, 4.69) is 20.6 Å². The van der Waals surface area contributed by atoms with E-state index in [9.17, 15) is 13.2 Å². The molecule has 0 saturated heterocycles. The van der Waals surface area contributed by atoms with Gasteiger partial charge in [0.05, 0.1) is 5.69 Å². The van der Waals surface area contributed by atoms with Crippen molar-refractivity contribution in [2.24, 2.45) is 7.05 Å². The van der Waals surface area contributed by atoms with Gasteiger partial charge in [-0.25, -0.2) is 0 Å². The van der Waals surface area contributed by atoms with Gasteiger partial charge in [0.25, 0.3) is 0 Å². The Morgan fingerprint density at radius 3 is 2.47 bits per heavy atom. The number of anilines is 1. The first kappa shape index (κ1) is 13.3. The number of aromatic nitrogens is 4. The molecule has 0 radical (unpaired) electrons. The predicted octanol–water partition coefficient (Wildman–Crippen LogP) is 2.15. The van der Waals surface area contributed by atoms with Gasteiger partial charge in [0.2, 0.25) is 0 Å². The molecular weight excluding hydrogens is 259 g/mol. The van der Waals surface area contributed by atoms with E-state index in [-0.39, 0.29) is 5.82 Å². The van der Waals surface area contributed by atoms with Crippen LogP contribution in [0.1, 0.15) is 17.0 Å². The lowest BCUT2D eigenvalue weighted by Crippen LogP contribution is -2.10. The van der Waals surface area contributed by atoms with Crippen LogP contribution in [0.3, 0.4) is 0 Å². The number of halogens is 3. The molecule has 0 aromatic carbocycles. The highest BCUT2D eigenvalue weighted by Gasteiger charge is 2.32. The highest BCUT2D eigenvalue weighted by atomic mass is 19.4. The SMILES string of the molecule is Cc1nn(C)cc1CNc1ccc(C(F)(F)F)nn1. The number of hydrogen-bond acceptors (Lipinski definition) is 4. The molecule has 8 heteroatoms. The van der Waals surface area contributed by atoms with Crippen molar-refractivity contribution < 1.29 is 13.2 Å². The molecule has 102 valence electrons. The van der Waals surface area contributed by atoms with Crippen LogP contribution in [-0.2, 0) is 19.8 Å². The molecule has 0 aliphatic heterocycles. The highest BCUT2D eigenvalue weighted by Crippen LogP contribution is 2.27. The van der Waals surface area contributed by atoms with Crippen molar-refractivity contribution >= 4 is 5.82 Å². The maximum absolute atomic E-state index is 12.3. The molecule has 0 fully saturated rings. The lowest BCUT2D eigenvalue weighted by molar-refractivity contribution is -0.141. The maximum atomic E-state index is 12.3.